The van der Waals surface area contributed by atoms with E-state index in [9.17, 15) is 14.4 Å². The second-order valence-corrected chi connectivity index (χ2v) is 10.0. The average molecular weight is 551 g/mol. The molecule has 1 aliphatic rings. The van der Waals surface area contributed by atoms with Gasteiger partial charge in [0.15, 0.2) is 18.1 Å². The van der Waals surface area contributed by atoms with Crippen molar-refractivity contribution < 1.29 is 23.9 Å². The molecular formula is C29H27ClN2O5S. The molecule has 1 heterocycles. The predicted molar refractivity (Wildman–Crippen MR) is 151 cm³/mol. The normalized spacial score (nSPS) is 14.2. The second-order valence-electron chi connectivity index (χ2n) is 8.62. The summed E-state index contributed by atoms with van der Waals surface area (Å²) in [4.78, 5) is 39.5. The molecule has 0 atom stereocenters. The smallest absolute Gasteiger partial charge is 0.293 e. The van der Waals surface area contributed by atoms with Crippen molar-refractivity contribution in [3.8, 4) is 11.5 Å². The number of rotatable bonds is 9. The molecule has 3 amide bonds. The van der Waals surface area contributed by atoms with E-state index < -0.39 is 0 Å². The summed E-state index contributed by atoms with van der Waals surface area (Å²) in [5.41, 5.74) is 4.29. The van der Waals surface area contributed by atoms with E-state index in [0.717, 1.165) is 34.1 Å². The van der Waals surface area contributed by atoms with E-state index in [0.29, 0.717) is 33.6 Å². The Morgan fingerprint density at radius 2 is 1.79 bits per heavy atom. The van der Waals surface area contributed by atoms with Crippen molar-refractivity contribution in [3.05, 3.63) is 92.8 Å². The molecule has 38 heavy (non-hydrogen) atoms. The number of thioether (sulfide) groups is 1. The third kappa shape index (κ3) is 6.57. The Bertz CT molecular complexity index is 1400. The zero-order valence-corrected chi connectivity index (χ0v) is 22.8. The largest absolute Gasteiger partial charge is 0.490 e. The molecule has 1 aliphatic heterocycles. The number of aryl methyl sites for hydroxylation is 1. The summed E-state index contributed by atoms with van der Waals surface area (Å²) in [6.45, 7) is 6.12. The number of ether oxygens (including phenoxy) is 2. The molecule has 0 bridgehead atoms. The molecule has 0 spiro atoms. The van der Waals surface area contributed by atoms with E-state index in [1.54, 1.807) is 48.5 Å². The lowest BCUT2D eigenvalue weighted by Crippen LogP contribution is -2.27. The van der Waals surface area contributed by atoms with Crippen LogP contribution in [0.25, 0.3) is 6.08 Å². The minimum absolute atomic E-state index is 0.167. The van der Waals surface area contributed by atoms with Gasteiger partial charge in [0, 0.05) is 10.7 Å². The number of hydrogen-bond acceptors (Lipinski definition) is 6. The van der Waals surface area contributed by atoms with E-state index in [1.807, 2.05) is 39.0 Å². The van der Waals surface area contributed by atoms with Crippen molar-refractivity contribution in [2.45, 2.75) is 27.3 Å². The van der Waals surface area contributed by atoms with Crippen LogP contribution in [0.15, 0.2) is 65.6 Å². The molecule has 7 nitrogen and oxygen atoms in total. The monoisotopic (exact) mass is 550 g/mol. The van der Waals surface area contributed by atoms with Crippen molar-refractivity contribution in [3.63, 3.8) is 0 Å². The topological polar surface area (TPSA) is 84.9 Å². The number of carbonyl (C=O) groups excluding carboxylic acids is 3. The molecule has 3 aromatic carbocycles. The summed E-state index contributed by atoms with van der Waals surface area (Å²) in [6.07, 6.45) is 1.65. The average Bonchev–Trinajstić information content (AvgIpc) is 3.15. The van der Waals surface area contributed by atoms with Crippen LogP contribution in [-0.4, -0.2) is 35.2 Å². The Labute approximate surface area is 230 Å². The van der Waals surface area contributed by atoms with Gasteiger partial charge in [0.1, 0.15) is 0 Å². The molecule has 4 rings (SSSR count). The number of amides is 3. The number of nitrogens with one attached hydrogen (secondary N) is 1. The molecule has 196 valence electrons. The van der Waals surface area contributed by atoms with Crippen LogP contribution in [0.2, 0.25) is 5.02 Å². The first-order chi connectivity index (χ1) is 18.2. The number of carbonyl (C=O) groups is 3. The van der Waals surface area contributed by atoms with Gasteiger partial charge < -0.3 is 14.8 Å². The molecule has 1 fully saturated rings. The van der Waals surface area contributed by atoms with Gasteiger partial charge in [-0.05, 0) is 91.2 Å². The second kappa shape index (κ2) is 12.2. The molecule has 0 unspecified atom stereocenters. The van der Waals surface area contributed by atoms with Gasteiger partial charge in [0.05, 0.1) is 18.1 Å². The fraction of sp³-hybridized carbons (Fsp3) is 0.207. The molecule has 3 aromatic rings. The van der Waals surface area contributed by atoms with Crippen molar-refractivity contribution in [2.75, 3.05) is 18.5 Å². The van der Waals surface area contributed by atoms with Crippen LogP contribution in [0.3, 0.4) is 0 Å². The van der Waals surface area contributed by atoms with Crippen LogP contribution in [0.5, 0.6) is 11.5 Å². The first kappa shape index (κ1) is 27.3. The Kier molecular flexibility index (Phi) is 8.76. The molecule has 0 radical (unpaired) electrons. The van der Waals surface area contributed by atoms with Crippen LogP contribution >= 0.6 is 23.4 Å². The van der Waals surface area contributed by atoms with Gasteiger partial charge in [0.2, 0.25) is 0 Å². The van der Waals surface area contributed by atoms with Gasteiger partial charge in [-0.15, -0.1) is 0 Å². The Hall–Kier alpha value is -3.75. The zero-order chi connectivity index (χ0) is 27.2. The minimum atomic E-state index is -0.364. The first-order valence-corrected chi connectivity index (χ1v) is 13.2. The molecule has 0 aromatic heterocycles. The SMILES string of the molecule is CCOc1cc(/C=C2\SC(=O)N(Cc3ccc(Cl)cc3)C2=O)ccc1OCC(=O)Nc1cccc(C)c1C. The maximum atomic E-state index is 12.9. The maximum absolute atomic E-state index is 12.9. The molecule has 0 saturated carbocycles. The van der Waals surface area contributed by atoms with E-state index in [4.69, 9.17) is 21.1 Å². The lowest BCUT2D eigenvalue weighted by molar-refractivity contribution is -0.123. The standard InChI is InChI=1S/C29H27ClN2O5S/c1-4-36-25-14-21(10-13-24(25)37-17-27(33)31-23-7-5-6-18(2)19(23)3)15-26-28(34)32(29(35)38-26)16-20-8-11-22(30)12-9-20/h5-15H,4,16-17H2,1-3H3,(H,31,33)/b26-15-. The highest BCUT2D eigenvalue weighted by atomic mass is 35.5. The molecule has 9 heteroatoms. The highest BCUT2D eigenvalue weighted by molar-refractivity contribution is 8.18. The van der Waals surface area contributed by atoms with Crippen molar-refractivity contribution in [1.82, 2.24) is 4.90 Å². The summed E-state index contributed by atoms with van der Waals surface area (Å²) in [6, 6.07) is 17.9. The van der Waals surface area contributed by atoms with E-state index in [1.165, 1.54) is 4.90 Å². The molecule has 1 N–H and O–H groups in total. The number of nitrogens with zero attached hydrogens (tertiary/aromatic N) is 1. The number of benzene rings is 3. The van der Waals surface area contributed by atoms with Crippen molar-refractivity contribution in [1.29, 1.82) is 0 Å². The zero-order valence-electron chi connectivity index (χ0n) is 21.2. The Morgan fingerprint density at radius 1 is 1.03 bits per heavy atom. The Morgan fingerprint density at radius 3 is 2.53 bits per heavy atom. The number of hydrogen-bond donors (Lipinski definition) is 1. The van der Waals surface area contributed by atoms with Gasteiger partial charge >= 0.3 is 0 Å². The maximum Gasteiger partial charge on any atom is 0.293 e. The highest BCUT2D eigenvalue weighted by Gasteiger charge is 2.35. The Balaban J connectivity index is 1.44. The van der Waals surface area contributed by atoms with E-state index in [2.05, 4.69) is 5.32 Å². The van der Waals surface area contributed by atoms with Crippen molar-refractivity contribution in [2.24, 2.45) is 0 Å². The molecule has 1 saturated heterocycles. The van der Waals surface area contributed by atoms with Gasteiger partial charge in [-0.3, -0.25) is 19.3 Å². The van der Waals surface area contributed by atoms with Crippen LogP contribution in [0.4, 0.5) is 10.5 Å². The first-order valence-electron chi connectivity index (χ1n) is 12.0. The summed E-state index contributed by atoms with van der Waals surface area (Å²) in [5.74, 6) is 0.174. The third-order valence-electron chi connectivity index (χ3n) is 5.93. The van der Waals surface area contributed by atoms with Crippen LogP contribution in [-0.2, 0) is 16.1 Å². The van der Waals surface area contributed by atoms with Gasteiger partial charge in [-0.2, -0.15) is 0 Å². The number of halogens is 1. The van der Waals surface area contributed by atoms with Gasteiger partial charge in [-0.1, -0.05) is 41.9 Å². The number of imide groups is 1. The van der Waals surface area contributed by atoms with E-state index in [-0.39, 0.29) is 30.2 Å². The fourth-order valence-corrected chi connectivity index (χ4v) is 4.74. The minimum Gasteiger partial charge on any atom is -0.490 e. The third-order valence-corrected chi connectivity index (χ3v) is 7.09. The molecular weight excluding hydrogens is 524 g/mol. The van der Waals surface area contributed by atoms with Crippen molar-refractivity contribution >= 4 is 52.2 Å². The predicted octanol–water partition coefficient (Wildman–Crippen LogP) is 6.61. The molecule has 0 aliphatic carbocycles. The van der Waals surface area contributed by atoms with Gasteiger partial charge in [0.25, 0.3) is 17.1 Å². The lowest BCUT2D eigenvalue weighted by Gasteiger charge is -2.14. The summed E-state index contributed by atoms with van der Waals surface area (Å²) < 4.78 is 11.5. The summed E-state index contributed by atoms with van der Waals surface area (Å²) in [7, 11) is 0. The van der Waals surface area contributed by atoms with Crippen LogP contribution in [0.1, 0.15) is 29.2 Å². The van der Waals surface area contributed by atoms with Crippen LogP contribution < -0.4 is 14.8 Å². The number of anilines is 1. The lowest BCUT2D eigenvalue weighted by atomic mass is 10.1. The fourth-order valence-electron chi connectivity index (χ4n) is 3.78. The van der Waals surface area contributed by atoms with Gasteiger partial charge in [-0.25, -0.2) is 0 Å². The summed E-state index contributed by atoms with van der Waals surface area (Å²) in [5, 5.41) is 3.12. The summed E-state index contributed by atoms with van der Waals surface area (Å²) >= 11 is 6.81. The highest BCUT2D eigenvalue weighted by Crippen LogP contribution is 2.35. The quantitative estimate of drug-likeness (QED) is 0.302. The van der Waals surface area contributed by atoms with E-state index >= 15 is 0 Å². The van der Waals surface area contributed by atoms with Crippen LogP contribution in [0, 0.1) is 13.8 Å².